The Hall–Kier alpha value is -2.49. The van der Waals surface area contributed by atoms with Crippen LogP contribution in [0, 0.1) is 5.82 Å². The molecule has 0 aliphatic heterocycles. The van der Waals surface area contributed by atoms with E-state index >= 15 is 0 Å². The summed E-state index contributed by atoms with van der Waals surface area (Å²) in [6, 6.07) is 8.71. The van der Waals surface area contributed by atoms with Gasteiger partial charge in [-0.2, -0.15) is 0 Å². The van der Waals surface area contributed by atoms with Crippen LogP contribution >= 0.6 is 0 Å². The maximum atomic E-state index is 13.7. The number of rotatable bonds is 6. The monoisotopic (exact) mass is 368 g/mol. The molecule has 1 unspecified atom stereocenters. The summed E-state index contributed by atoms with van der Waals surface area (Å²) in [4.78, 5) is 11.0. The van der Waals surface area contributed by atoms with Crippen LogP contribution in [0.2, 0.25) is 0 Å². The van der Waals surface area contributed by atoms with Gasteiger partial charge in [0.05, 0.1) is 12.0 Å². The second kappa shape index (κ2) is 7.60. The quantitative estimate of drug-likeness (QED) is 0.534. The topological polar surface area (TPSA) is 105 Å². The molecule has 0 saturated carbocycles. The zero-order valence-corrected chi connectivity index (χ0v) is 14.3. The number of methoxy groups -OCH3 is 1. The summed E-state index contributed by atoms with van der Waals surface area (Å²) in [6.45, 7) is 1.61. The van der Waals surface area contributed by atoms with Crippen molar-refractivity contribution in [2.24, 2.45) is 0 Å². The van der Waals surface area contributed by atoms with Crippen LogP contribution in [0.5, 0.6) is 5.75 Å². The number of carbonyl (C=O) groups is 1. The lowest BCUT2D eigenvalue weighted by molar-refractivity contribution is 0.0706. The van der Waals surface area contributed by atoms with Crippen molar-refractivity contribution >= 4 is 15.9 Å². The third kappa shape index (κ3) is 4.32. The van der Waals surface area contributed by atoms with E-state index in [1.165, 1.54) is 36.9 Å². The number of halogens is 1. The first-order valence-corrected chi connectivity index (χ1v) is 8.67. The molecule has 1 amide bonds. The lowest BCUT2D eigenvalue weighted by atomic mass is 10.1. The molecule has 0 heterocycles. The predicted octanol–water partition coefficient (Wildman–Crippen LogP) is 1.99. The van der Waals surface area contributed by atoms with E-state index in [2.05, 4.69) is 4.72 Å². The Kier molecular flexibility index (Phi) is 5.73. The molecule has 134 valence electrons. The van der Waals surface area contributed by atoms with Crippen molar-refractivity contribution in [3.63, 3.8) is 0 Å². The van der Waals surface area contributed by atoms with Crippen molar-refractivity contribution in [1.82, 2.24) is 10.2 Å². The fourth-order valence-corrected chi connectivity index (χ4v) is 3.41. The second-order valence-electron chi connectivity index (χ2n) is 5.20. The van der Waals surface area contributed by atoms with Crippen LogP contribution in [-0.4, -0.2) is 26.6 Å². The molecule has 0 aliphatic carbocycles. The number of nitrogens with one attached hydrogen (secondary N) is 2. The zero-order chi connectivity index (χ0) is 18.6. The maximum Gasteiger partial charge on any atom is 0.274 e. The first-order valence-electron chi connectivity index (χ1n) is 7.18. The van der Waals surface area contributed by atoms with Gasteiger partial charge in [0, 0.05) is 11.6 Å². The third-order valence-electron chi connectivity index (χ3n) is 3.54. The number of hydrogen-bond acceptors (Lipinski definition) is 5. The number of sulfonamides is 1. The van der Waals surface area contributed by atoms with Crippen LogP contribution in [0.4, 0.5) is 4.39 Å². The van der Waals surface area contributed by atoms with Gasteiger partial charge in [0.2, 0.25) is 10.0 Å². The van der Waals surface area contributed by atoms with E-state index in [1.54, 1.807) is 19.1 Å². The Morgan fingerprint density at radius 2 is 1.84 bits per heavy atom. The molecular formula is C16H17FN2O5S. The van der Waals surface area contributed by atoms with Gasteiger partial charge in [-0.05, 0) is 42.8 Å². The summed E-state index contributed by atoms with van der Waals surface area (Å²) in [5.74, 6) is -1.50. The van der Waals surface area contributed by atoms with Crippen LogP contribution in [0.15, 0.2) is 47.4 Å². The highest BCUT2D eigenvalue weighted by Gasteiger charge is 2.20. The standard InChI is InChI=1S/C16H17FN2O5S/c1-10(11-3-5-12(6-4-11)16(20)18-21)19-25(22,23)13-7-8-15(24-2)14(17)9-13/h3-10,19,21H,1-2H3,(H,18,20). The molecule has 25 heavy (non-hydrogen) atoms. The van der Waals surface area contributed by atoms with Crippen molar-refractivity contribution < 1.29 is 27.5 Å². The number of amides is 1. The van der Waals surface area contributed by atoms with Crippen LogP contribution in [0.3, 0.4) is 0 Å². The molecule has 2 aromatic carbocycles. The van der Waals surface area contributed by atoms with E-state index in [9.17, 15) is 17.6 Å². The van der Waals surface area contributed by atoms with E-state index in [0.717, 1.165) is 6.07 Å². The van der Waals surface area contributed by atoms with E-state index in [4.69, 9.17) is 9.94 Å². The van der Waals surface area contributed by atoms with Gasteiger partial charge >= 0.3 is 0 Å². The van der Waals surface area contributed by atoms with Gasteiger partial charge in [-0.3, -0.25) is 10.0 Å². The van der Waals surface area contributed by atoms with Crippen LogP contribution in [-0.2, 0) is 10.0 Å². The normalized spacial score (nSPS) is 12.5. The van der Waals surface area contributed by atoms with Gasteiger partial charge in [-0.1, -0.05) is 12.1 Å². The van der Waals surface area contributed by atoms with Gasteiger partial charge in [0.1, 0.15) is 0 Å². The highest BCUT2D eigenvalue weighted by atomic mass is 32.2. The highest BCUT2D eigenvalue weighted by molar-refractivity contribution is 7.89. The van der Waals surface area contributed by atoms with Gasteiger partial charge in [0.15, 0.2) is 11.6 Å². The van der Waals surface area contributed by atoms with Crippen LogP contribution < -0.4 is 14.9 Å². The Balaban J connectivity index is 2.19. The Bertz CT molecular complexity index is 869. The summed E-state index contributed by atoms with van der Waals surface area (Å²) < 4.78 is 45.7. The first-order chi connectivity index (χ1) is 11.8. The van der Waals surface area contributed by atoms with E-state index in [0.29, 0.717) is 5.56 Å². The summed E-state index contributed by atoms with van der Waals surface area (Å²) in [5.41, 5.74) is 2.32. The molecule has 0 fully saturated rings. The van der Waals surface area contributed by atoms with Gasteiger partial charge < -0.3 is 4.74 Å². The van der Waals surface area contributed by atoms with E-state index in [-0.39, 0.29) is 16.2 Å². The van der Waals surface area contributed by atoms with Crippen LogP contribution in [0.25, 0.3) is 0 Å². The molecule has 7 nitrogen and oxygen atoms in total. The molecule has 3 N–H and O–H groups in total. The lowest BCUT2D eigenvalue weighted by Crippen LogP contribution is -2.27. The van der Waals surface area contributed by atoms with Crippen molar-refractivity contribution in [2.45, 2.75) is 17.9 Å². The molecule has 0 radical (unpaired) electrons. The highest BCUT2D eigenvalue weighted by Crippen LogP contribution is 2.22. The average Bonchev–Trinajstić information content (AvgIpc) is 2.60. The van der Waals surface area contributed by atoms with Gasteiger partial charge in [0.25, 0.3) is 5.91 Å². The van der Waals surface area contributed by atoms with Crippen molar-refractivity contribution in [2.75, 3.05) is 7.11 Å². The summed E-state index contributed by atoms with van der Waals surface area (Å²) >= 11 is 0. The third-order valence-corrected chi connectivity index (χ3v) is 5.08. The molecule has 0 spiro atoms. The Labute approximate surface area is 144 Å². The lowest BCUT2D eigenvalue weighted by Gasteiger charge is -2.15. The molecule has 0 bridgehead atoms. The average molecular weight is 368 g/mol. The van der Waals surface area contributed by atoms with Crippen molar-refractivity contribution in [3.8, 4) is 5.75 Å². The maximum absolute atomic E-state index is 13.7. The molecule has 0 saturated heterocycles. The van der Waals surface area contributed by atoms with Crippen molar-refractivity contribution in [1.29, 1.82) is 0 Å². The minimum atomic E-state index is -3.95. The molecule has 1 atom stereocenters. The fraction of sp³-hybridized carbons (Fsp3) is 0.188. The molecule has 2 aromatic rings. The molecule has 9 heteroatoms. The number of ether oxygens (including phenoxy) is 1. The fourth-order valence-electron chi connectivity index (χ4n) is 2.17. The summed E-state index contributed by atoms with van der Waals surface area (Å²) in [5, 5.41) is 8.57. The number of benzene rings is 2. The largest absolute Gasteiger partial charge is 0.494 e. The minimum Gasteiger partial charge on any atom is -0.494 e. The summed E-state index contributed by atoms with van der Waals surface area (Å²) in [7, 11) is -2.67. The Morgan fingerprint density at radius 3 is 2.36 bits per heavy atom. The van der Waals surface area contributed by atoms with E-state index < -0.39 is 27.8 Å². The smallest absolute Gasteiger partial charge is 0.274 e. The number of hydrogen-bond donors (Lipinski definition) is 3. The van der Waals surface area contributed by atoms with Crippen LogP contribution in [0.1, 0.15) is 28.9 Å². The van der Waals surface area contributed by atoms with E-state index in [1.807, 2.05) is 0 Å². The molecule has 2 rings (SSSR count). The number of hydroxylamine groups is 1. The summed E-state index contributed by atoms with van der Waals surface area (Å²) in [6.07, 6.45) is 0. The van der Waals surface area contributed by atoms with Gasteiger partial charge in [-0.15, -0.1) is 0 Å². The molecular weight excluding hydrogens is 351 g/mol. The predicted molar refractivity (Wildman–Crippen MR) is 87.4 cm³/mol. The number of carbonyl (C=O) groups excluding carboxylic acids is 1. The molecule has 0 aliphatic rings. The SMILES string of the molecule is COc1ccc(S(=O)(=O)NC(C)c2ccc(C(=O)NO)cc2)cc1F. The first kappa shape index (κ1) is 18.8. The zero-order valence-electron chi connectivity index (χ0n) is 13.5. The second-order valence-corrected chi connectivity index (χ2v) is 6.92. The molecule has 0 aromatic heterocycles. The van der Waals surface area contributed by atoms with Gasteiger partial charge in [-0.25, -0.2) is 23.0 Å². The minimum absolute atomic E-state index is 0.0512. The Morgan fingerprint density at radius 1 is 1.20 bits per heavy atom. The van der Waals surface area contributed by atoms with Crippen molar-refractivity contribution in [3.05, 3.63) is 59.4 Å².